The number of rotatable bonds is 33. The highest BCUT2D eigenvalue weighted by atomic mass is 28.4. The second-order valence-electron chi connectivity index (χ2n) is 15.5. The lowest BCUT2D eigenvalue weighted by Crippen LogP contribution is -2.34. The van der Waals surface area contributed by atoms with Crippen LogP contribution in [0.25, 0.3) is 0 Å². The van der Waals surface area contributed by atoms with Gasteiger partial charge in [0.05, 0.1) is 0 Å². The molecule has 0 atom stereocenters. The Morgan fingerprint density at radius 1 is 0.293 bits per heavy atom. The highest BCUT2D eigenvalue weighted by molar-refractivity contribution is 6.72. The Labute approximate surface area is 263 Å². The minimum absolute atomic E-state index is 0.867. The summed E-state index contributed by atoms with van der Waals surface area (Å²) >= 11 is 0. The van der Waals surface area contributed by atoms with E-state index in [4.69, 9.17) is 0 Å². The molecule has 1 nitrogen and oxygen atoms in total. The van der Waals surface area contributed by atoms with Crippen LogP contribution in [-0.4, -0.2) is 13.1 Å². The molecule has 0 heterocycles. The van der Waals surface area contributed by atoms with Gasteiger partial charge in [-0.15, -0.1) is 0 Å². The van der Waals surface area contributed by atoms with Gasteiger partial charge in [0.25, 0.3) is 0 Å². The monoisotopic (exact) mass is 595 g/mol. The van der Waals surface area contributed by atoms with E-state index in [1.54, 1.807) is 0 Å². The van der Waals surface area contributed by atoms with Crippen molar-refractivity contribution in [3.63, 3.8) is 0 Å². The van der Waals surface area contributed by atoms with Crippen LogP contribution in [0.4, 0.5) is 0 Å². The summed E-state index contributed by atoms with van der Waals surface area (Å²) in [5.74, 6) is 2.60. The smallest absolute Gasteiger partial charge is 0.188 e. The number of hydrogen-bond acceptors (Lipinski definition) is 1. The Kier molecular flexibility index (Phi) is 30.3. The fourth-order valence-electron chi connectivity index (χ4n) is 6.58. The Bertz CT molecular complexity index is 430. The maximum atomic E-state index is 11.8. The van der Waals surface area contributed by atoms with Crippen molar-refractivity contribution in [1.29, 1.82) is 0 Å². The van der Waals surface area contributed by atoms with Gasteiger partial charge in [-0.05, 0) is 35.9 Å². The van der Waals surface area contributed by atoms with E-state index in [0.717, 1.165) is 17.8 Å². The van der Waals surface area contributed by atoms with Gasteiger partial charge < -0.3 is 4.80 Å². The average Bonchev–Trinajstić information content (AvgIpc) is 2.91. The molecule has 0 bridgehead atoms. The summed E-state index contributed by atoms with van der Waals surface area (Å²) in [7, 11) is -2.04. The van der Waals surface area contributed by atoms with Gasteiger partial charge in [-0.25, -0.2) is 0 Å². The van der Waals surface area contributed by atoms with Crippen LogP contribution in [0.5, 0.6) is 0 Å². The van der Waals surface area contributed by atoms with E-state index in [1.165, 1.54) is 191 Å². The molecule has 0 unspecified atom stereocenters. The van der Waals surface area contributed by atoms with Gasteiger partial charge in [-0.1, -0.05) is 215 Å². The first-order valence-electron chi connectivity index (χ1n) is 19.5. The minimum atomic E-state index is -2.04. The molecule has 0 aliphatic carbocycles. The zero-order valence-corrected chi connectivity index (χ0v) is 30.9. The summed E-state index contributed by atoms with van der Waals surface area (Å²) in [5, 5.41) is 0. The maximum Gasteiger partial charge on any atom is 0.188 e. The van der Waals surface area contributed by atoms with E-state index in [1.807, 2.05) is 0 Å². The third kappa shape index (κ3) is 32.9. The lowest BCUT2D eigenvalue weighted by Gasteiger charge is -2.25. The highest BCUT2D eigenvalue weighted by Gasteiger charge is 2.29. The number of unbranched alkanes of at least 4 members (excludes halogenated alkanes) is 21. The molecular formula is C39H82OSi. The molecule has 0 spiro atoms. The zero-order valence-electron chi connectivity index (χ0n) is 29.9. The molecule has 0 aliphatic rings. The van der Waals surface area contributed by atoms with Crippen molar-refractivity contribution in [2.24, 2.45) is 17.8 Å². The highest BCUT2D eigenvalue weighted by Crippen LogP contribution is 2.28. The van der Waals surface area contributed by atoms with Crippen LogP contribution in [0.15, 0.2) is 0 Å². The van der Waals surface area contributed by atoms with E-state index in [2.05, 4.69) is 41.5 Å². The van der Waals surface area contributed by atoms with E-state index in [0.29, 0.717) is 0 Å². The molecule has 41 heavy (non-hydrogen) atoms. The Morgan fingerprint density at radius 3 is 0.659 bits per heavy atom. The molecule has 0 radical (unpaired) electrons. The van der Waals surface area contributed by atoms with Crippen molar-refractivity contribution in [1.82, 2.24) is 0 Å². The Morgan fingerprint density at radius 2 is 0.463 bits per heavy atom. The van der Waals surface area contributed by atoms with Crippen molar-refractivity contribution >= 4 is 8.32 Å². The first kappa shape index (κ1) is 41.2. The summed E-state index contributed by atoms with van der Waals surface area (Å²) in [6.07, 6.45) is 37.7. The number of hydrogen-bond donors (Lipinski definition) is 1. The predicted molar refractivity (Wildman–Crippen MR) is 192 cm³/mol. The van der Waals surface area contributed by atoms with E-state index >= 15 is 0 Å². The van der Waals surface area contributed by atoms with Crippen LogP contribution in [0.1, 0.15) is 215 Å². The Balaban J connectivity index is 4.11. The van der Waals surface area contributed by atoms with Gasteiger partial charge in [0.1, 0.15) is 0 Å². The summed E-state index contributed by atoms with van der Waals surface area (Å²) in [6, 6.07) is 3.56. The minimum Gasteiger partial charge on any atom is -0.432 e. The van der Waals surface area contributed by atoms with Crippen molar-refractivity contribution < 1.29 is 4.80 Å². The van der Waals surface area contributed by atoms with Crippen molar-refractivity contribution in [2.45, 2.75) is 233 Å². The predicted octanol–water partition coefficient (Wildman–Crippen LogP) is 14.4. The normalized spacial score (nSPS) is 12.4. The van der Waals surface area contributed by atoms with Gasteiger partial charge in [0.2, 0.25) is 0 Å². The quantitative estimate of drug-likeness (QED) is 0.0592. The molecule has 0 aromatic carbocycles. The molecule has 0 aromatic rings. The maximum absolute atomic E-state index is 11.8. The SMILES string of the molecule is CC(C)CCCCCCCCCC[Si](O)(CCCCCCCCCCC(C)C)CCCCCCCCCCC(C)C. The van der Waals surface area contributed by atoms with Crippen LogP contribution in [0, 0.1) is 17.8 Å². The van der Waals surface area contributed by atoms with Crippen LogP contribution in [0.3, 0.4) is 0 Å². The first-order valence-corrected chi connectivity index (χ1v) is 22.0. The zero-order chi connectivity index (χ0) is 30.4. The summed E-state index contributed by atoms with van der Waals surface area (Å²) in [4.78, 5) is 11.8. The third-order valence-electron chi connectivity index (χ3n) is 9.52. The molecule has 2 heteroatoms. The summed E-state index contributed by atoms with van der Waals surface area (Å²) < 4.78 is 0. The molecule has 0 aliphatic heterocycles. The van der Waals surface area contributed by atoms with Crippen LogP contribution < -0.4 is 0 Å². The lowest BCUT2D eigenvalue weighted by atomic mass is 10.0. The Hall–Kier alpha value is 0.177. The van der Waals surface area contributed by atoms with Crippen LogP contribution in [-0.2, 0) is 0 Å². The molecular weight excluding hydrogens is 513 g/mol. The summed E-state index contributed by atoms with van der Waals surface area (Å²) in [5.41, 5.74) is 0. The van der Waals surface area contributed by atoms with E-state index < -0.39 is 8.32 Å². The van der Waals surface area contributed by atoms with Gasteiger partial charge >= 0.3 is 0 Å². The largest absolute Gasteiger partial charge is 0.432 e. The van der Waals surface area contributed by atoms with Crippen molar-refractivity contribution in [2.75, 3.05) is 0 Å². The molecule has 248 valence electrons. The molecule has 0 aromatic heterocycles. The van der Waals surface area contributed by atoms with E-state index in [9.17, 15) is 4.80 Å². The molecule has 1 N–H and O–H groups in total. The molecule has 0 fully saturated rings. The van der Waals surface area contributed by atoms with E-state index in [-0.39, 0.29) is 0 Å². The lowest BCUT2D eigenvalue weighted by molar-refractivity contribution is 0.486. The molecule has 0 saturated carbocycles. The molecule has 0 rings (SSSR count). The van der Waals surface area contributed by atoms with Gasteiger partial charge in [-0.3, -0.25) is 0 Å². The van der Waals surface area contributed by atoms with Gasteiger partial charge in [0, 0.05) is 0 Å². The fraction of sp³-hybridized carbons (Fsp3) is 1.00. The molecule has 0 amide bonds. The van der Waals surface area contributed by atoms with Crippen LogP contribution >= 0.6 is 0 Å². The molecule has 0 saturated heterocycles. The summed E-state index contributed by atoms with van der Waals surface area (Å²) in [6.45, 7) is 14.1. The second kappa shape index (κ2) is 30.2. The van der Waals surface area contributed by atoms with Crippen LogP contribution in [0.2, 0.25) is 18.1 Å². The van der Waals surface area contributed by atoms with Crippen molar-refractivity contribution in [3.8, 4) is 0 Å². The van der Waals surface area contributed by atoms with Crippen molar-refractivity contribution in [3.05, 3.63) is 0 Å². The topological polar surface area (TPSA) is 20.2 Å². The third-order valence-corrected chi connectivity index (χ3v) is 13.4. The van der Waals surface area contributed by atoms with Gasteiger partial charge in [0.15, 0.2) is 8.32 Å². The standard InChI is InChI=1S/C39H82OSi/c1-37(2)31-25-19-13-7-10-16-22-28-34-41(40,35-29-23-17-11-8-14-20-26-32-38(3)4)36-30-24-18-12-9-15-21-27-33-39(5)6/h37-40H,7-36H2,1-6H3. The fourth-order valence-corrected chi connectivity index (χ4v) is 10.1. The average molecular weight is 595 g/mol. The second-order valence-corrected chi connectivity index (χ2v) is 19.5. The first-order chi connectivity index (χ1) is 19.7. The van der Waals surface area contributed by atoms with Gasteiger partial charge in [-0.2, -0.15) is 0 Å².